The monoisotopic (exact) mass is 587 g/mol. The van der Waals surface area contributed by atoms with Crippen LogP contribution in [0.25, 0.3) is 22.2 Å². The van der Waals surface area contributed by atoms with Gasteiger partial charge in [-0.05, 0) is 40.2 Å². The molecular formula is C31H33N3O3S2Si. The van der Waals surface area contributed by atoms with E-state index < -0.39 is 23.2 Å². The van der Waals surface area contributed by atoms with E-state index in [1.165, 1.54) is 23.5 Å². The summed E-state index contributed by atoms with van der Waals surface area (Å²) < 4.78 is 32.3. The maximum Gasteiger partial charge on any atom is 0.301 e. The summed E-state index contributed by atoms with van der Waals surface area (Å²) in [6.07, 6.45) is 1.93. The van der Waals surface area contributed by atoms with Crippen molar-refractivity contribution >= 4 is 55.1 Å². The molecule has 6 nitrogen and oxygen atoms in total. The molecule has 2 heterocycles. The maximum absolute atomic E-state index is 13.1. The topological polar surface area (TPSA) is 81.1 Å². The molecule has 5 rings (SSSR count). The third-order valence-electron chi connectivity index (χ3n) is 6.76. The van der Waals surface area contributed by atoms with Crippen molar-refractivity contribution < 1.29 is 13.2 Å². The van der Waals surface area contributed by atoms with Gasteiger partial charge in [-0.15, -0.1) is 11.3 Å². The van der Waals surface area contributed by atoms with Crippen LogP contribution in [0.1, 0.15) is 35.1 Å². The van der Waals surface area contributed by atoms with Gasteiger partial charge < -0.3 is 4.57 Å². The van der Waals surface area contributed by atoms with Gasteiger partial charge in [0, 0.05) is 24.1 Å². The molecular weight excluding hydrogens is 555 g/mol. The summed E-state index contributed by atoms with van der Waals surface area (Å²) >= 11 is 1.42. The van der Waals surface area contributed by atoms with Crippen LogP contribution in [0.3, 0.4) is 0 Å². The Bertz CT molecular complexity index is 1770. The zero-order valence-corrected chi connectivity index (χ0v) is 25.8. The molecule has 0 aliphatic rings. The number of aromatic nitrogens is 2. The molecule has 5 aromatic rings. The van der Waals surface area contributed by atoms with E-state index in [-0.39, 0.29) is 5.56 Å². The van der Waals surface area contributed by atoms with Gasteiger partial charge in [-0.25, -0.2) is 4.98 Å². The number of carbonyl (C=O) groups is 1. The van der Waals surface area contributed by atoms with Crippen LogP contribution in [0.15, 0.2) is 84.9 Å². The molecule has 3 aromatic carbocycles. The van der Waals surface area contributed by atoms with Crippen LogP contribution in [0.2, 0.25) is 19.6 Å². The second-order valence-corrected chi connectivity index (χ2v) is 18.9. The zero-order valence-electron chi connectivity index (χ0n) is 23.1. The number of sulfonamides is 1. The molecule has 40 heavy (non-hydrogen) atoms. The van der Waals surface area contributed by atoms with E-state index in [1.807, 2.05) is 30.3 Å². The first kappa shape index (κ1) is 28.0. The van der Waals surface area contributed by atoms with Crippen LogP contribution < -0.4 is 9.22 Å². The van der Waals surface area contributed by atoms with E-state index in [0.717, 1.165) is 50.9 Å². The van der Waals surface area contributed by atoms with Gasteiger partial charge in [0.1, 0.15) is 10.8 Å². The number of thiophene rings is 1. The molecule has 2 aromatic heterocycles. The Labute approximate surface area is 240 Å². The summed E-state index contributed by atoms with van der Waals surface area (Å²) in [5, 5.41) is -0.465. The summed E-state index contributed by atoms with van der Waals surface area (Å²) in [6, 6.07) is 26.6. The van der Waals surface area contributed by atoms with Gasteiger partial charge in [0.2, 0.25) is 0 Å². The lowest BCUT2D eigenvalue weighted by Gasteiger charge is -2.12. The molecule has 0 fully saturated rings. The van der Waals surface area contributed by atoms with E-state index in [0.29, 0.717) is 11.5 Å². The van der Waals surface area contributed by atoms with Crippen molar-refractivity contribution in [2.75, 3.05) is 4.72 Å². The SMILES string of the molecule is CCCc1nc2ccccc2n1Cc1ccc(-c2cc([Si](C)(C)C)sc2NS(=O)(=O)C(=O)c2ccccc2)cc1. The average molecular weight is 588 g/mol. The minimum absolute atomic E-state index is 0.136. The van der Waals surface area contributed by atoms with Crippen molar-refractivity contribution in [1.82, 2.24) is 9.55 Å². The lowest BCUT2D eigenvalue weighted by atomic mass is 10.1. The highest BCUT2D eigenvalue weighted by Crippen LogP contribution is 2.35. The van der Waals surface area contributed by atoms with Crippen molar-refractivity contribution in [3.8, 4) is 11.1 Å². The minimum atomic E-state index is -4.28. The summed E-state index contributed by atoms with van der Waals surface area (Å²) in [7, 11) is -6.03. The third-order valence-corrected chi connectivity index (χ3v) is 12.7. The Morgan fingerprint density at radius 1 is 0.950 bits per heavy atom. The fourth-order valence-corrected chi connectivity index (χ4v) is 8.82. The lowest BCUT2D eigenvalue weighted by molar-refractivity contribution is 0.107. The number of para-hydroxylation sites is 2. The fourth-order valence-electron chi connectivity index (χ4n) is 4.64. The van der Waals surface area contributed by atoms with Gasteiger partial charge in [0.25, 0.3) is 5.12 Å². The van der Waals surface area contributed by atoms with Crippen LogP contribution in [-0.4, -0.2) is 31.2 Å². The predicted octanol–water partition coefficient (Wildman–Crippen LogP) is 6.89. The van der Waals surface area contributed by atoms with Crippen molar-refractivity contribution in [2.24, 2.45) is 0 Å². The molecule has 1 N–H and O–H groups in total. The Balaban J connectivity index is 1.47. The van der Waals surface area contributed by atoms with Crippen molar-refractivity contribution in [3.05, 3.63) is 102 Å². The van der Waals surface area contributed by atoms with E-state index in [2.05, 4.69) is 60.1 Å². The number of anilines is 1. The maximum atomic E-state index is 13.1. The second kappa shape index (κ2) is 11.2. The lowest BCUT2D eigenvalue weighted by Crippen LogP contribution is -2.34. The van der Waals surface area contributed by atoms with Gasteiger partial charge >= 0.3 is 10.0 Å². The van der Waals surface area contributed by atoms with Crippen LogP contribution >= 0.6 is 11.3 Å². The highest BCUT2D eigenvalue weighted by molar-refractivity contribution is 8.07. The van der Waals surface area contributed by atoms with Gasteiger partial charge in [-0.3, -0.25) is 9.52 Å². The first-order chi connectivity index (χ1) is 19.1. The van der Waals surface area contributed by atoms with Gasteiger partial charge in [0.05, 0.1) is 19.1 Å². The minimum Gasteiger partial charge on any atom is -0.323 e. The van der Waals surface area contributed by atoms with Gasteiger partial charge in [-0.1, -0.05) is 93.3 Å². The number of nitrogens with one attached hydrogen (secondary N) is 1. The van der Waals surface area contributed by atoms with E-state index in [9.17, 15) is 13.2 Å². The van der Waals surface area contributed by atoms with E-state index >= 15 is 0 Å². The number of hydrogen-bond donors (Lipinski definition) is 1. The quantitative estimate of drug-likeness (QED) is 0.190. The number of aryl methyl sites for hydroxylation is 1. The van der Waals surface area contributed by atoms with Gasteiger partial charge in [0.15, 0.2) is 0 Å². The van der Waals surface area contributed by atoms with Crippen molar-refractivity contribution in [1.29, 1.82) is 0 Å². The first-order valence-electron chi connectivity index (χ1n) is 13.4. The van der Waals surface area contributed by atoms with Crippen LogP contribution in [0, 0.1) is 0 Å². The molecule has 0 amide bonds. The number of nitrogens with zero attached hydrogens (tertiary/aromatic N) is 2. The smallest absolute Gasteiger partial charge is 0.301 e. The Kier molecular flexibility index (Phi) is 7.81. The summed E-state index contributed by atoms with van der Waals surface area (Å²) in [5.41, 5.74) is 5.08. The predicted molar refractivity (Wildman–Crippen MR) is 169 cm³/mol. The second-order valence-electron chi connectivity index (χ2n) is 10.9. The molecule has 0 saturated heterocycles. The summed E-state index contributed by atoms with van der Waals surface area (Å²) in [5.74, 6) is 1.07. The Morgan fingerprint density at radius 3 is 2.30 bits per heavy atom. The van der Waals surface area contributed by atoms with E-state index in [1.54, 1.807) is 18.2 Å². The van der Waals surface area contributed by atoms with E-state index in [4.69, 9.17) is 4.98 Å². The van der Waals surface area contributed by atoms with Crippen molar-refractivity contribution in [3.63, 3.8) is 0 Å². The number of carbonyl (C=O) groups excluding carboxylic acids is 1. The highest BCUT2D eigenvalue weighted by Gasteiger charge is 2.28. The average Bonchev–Trinajstić information content (AvgIpc) is 3.51. The Morgan fingerprint density at radius 2 is 1.62 bits per heavy atom. The third kappa shape index (κ3) is 5.82. The van der Waals surface area contributed by atoms with Crippen LogP contribution in [-0.2, 0) is 23.0 Å². The number of hydrogen-bond acceptors (Lipinski definition) is 5. The molecule has 9 heteroatoms. The molecule has 0 saturated carbocycles. The molecule has 0 aliphatic heterocycles. The summed E-state index contributed by atoms with van der Waals surface area (Å²) in [6.45, 7) is 9.53. The highest BCUT2D eigenvalue weighted by atomic mass is 32.2. The summed E-state index contributed by atoms with van der Waals surface area (Å²) in [4.78, 5) is 17.7. The van der Waals surface area contributed by atoms with Gasteiger partial charge in [-0.2, -0.15) is 8.42 Å². The molecule has 0 atom stereocenters. The molecule has 0 spiro atoms. The standard InChI is InChI=1S/C31H33N3O3S2Si/c1-5-11-28-32-26-14-9-10-15-27(26)34(28)21-22-16-18-23(19-17-22)25-20-29(40(2,3)4)38-30(25)33-39(36,37)31(35)24-12-7-6-8-13-24/h6-10,12-20,33H,5,11,21H2,1-4H3. The van der Waals surface area contributed by atoms with Crippen LogP contribution in [0.5, 0.6) is 0 Å². The number of fused-ring (bicyclic) bond motifs is 1. The van der Waals surface area contributed by atoms with Crippen LogP contribution in [0.4, 0.5) is 5.00 Å². The number of imidazole rings is 1. The molecule has 206 valence electrons. The molecule has 0 bridgehead atoms. The molecule has 0 unspecified atom stereocenters. The fraction of sp³-hybridized carbons (Fsp3) is 0.226. The number of rotatable bonds is 9. The largest absolute Gasteiger partial charge is 0.323 e. The first-order valence-corrected chi connectivity index (χ1v) is 19.2. The van der Waals surface area contributed by atoms with Crippen molar-refractivity contribution in [2.45, 2.75) is 46.0 Å². The zero-order chi connectivity index (χ0) is 28.5. The normalized spacial score (nSPS) is 12.1. The molecule has 0 radical (unpaired) electrons. The Hall–Kier alpha value is -3.53. The molecule has 0 aliphatic carbocycles. The number of benzene rings is 3.